The minimum absolute atomic E-state index is 0.0145. The SMILES string of the molecule is Cc1ccoc1C(=O)Nc1cc(C(=O)O)ccc1O. The number of carbonyl (C=O) groups is 2. The lowest BCUT2D eigenvalue weighted by Gasteiger charge is -2.07. The topological polar surface area (TPSA) is 99.8 Å². The molecule has 0 saturated carbocycles. The van der Waals surface area contributed by atoms with Crippen molar-refractivity contribution in [2.24, 2.45) is 0 Å². The molecule has 98 valence electrons. The molecule has 1 aromatic heterocycles. The van der Waals surface area contributed by atoms with Crippen molar-refractivity contribution in [3.05, 3.63) is 47.4 Å². The third kappa shape index (κ3) is 2.57. The zero-order valence-electron chi connectivity index (χ0n) is 10.0. The summed E-state index contributed by atoms with van der Waals surface area (Å²) in [5, 5.41) is 20.8. The first kappa shape index (κ1) is 12.7. The molecular weight excluding hydrogens is 250 g/mol. The van der Waals surface area contributed by atoms with Crippen molar-refractivity contribution in [3.8, 4) is 5.75 Å². The summed E-state index contributed by atoms with van der Waals surface area (Å²) in [5.41, 5.74) is 0.622. The summed E-state index contributed by atoms with van der Waals surface area (Å²) in [4.78, 5) is 22.7. The molecule has 3 N–H and O–H groups in total. The molecule has 0 bridgehead atoms. The van der Waals surface area contributed by atoms with Gasteiger partial charge in [0.05, 0.1) is 17.5 Å². The molecule has 0 radical (unpaired) electrons. The maximum atomic E-state index is 11.9. The molecule has 1 aromatic carbocycles. The van der Waals surface area contributed by atoms with Gasteiger partial charge in [-0.1, -0.05) is 0 Å². The van der Waals surface area contributed by atoms with Crippen LogP contribution in [-0.2, 0) is 0 Å². The molecule has 0 aliphatic rings. The van der Waals surface area contributed by atoms with Crippen LogP contribution in [0, 0.1) is 6.92 Å². The molecule has 2 rings (SSSR count). The predicted octanol–water partition coefficient (Wildman–Crippen LogP) is 2.24. The smallest absolute Gasteiger partial charge is 0.335 e. The van der Waals surface area contributed by atoms with Crippen molar-refractivity contribution in [1.29, 1.82) is 0 Å². The van der Waals surface area contributed by atoms with E-state index in [2.05, 4.69) is 5.32 Å². The number of hydrogen-bond acceptors (Lipinski definition) is 4. The van der Waals surface area contributed by atoms with Gasteiger partial charge < -0.3 is 19.9 Å². The number of aryl methyl sites for hydroxylation is 1. The van der Waals surface area contributed by atoms with Crippen LogP contribution in [-0.4, -0.2) is 22.1 Å². The summed E-state index contributed by atoms with van der Waals surface area (Å²) >= 11 is 0. The number of nitrogens with one attached hydrogen (secondary N) is 1. The number of anilines is 1. The number of aromatic carboxylic acids is 1. The Morgan fingerprint density at radius 2 is 2.00 bits per heavy atom. The zero-order valence-corrected chi connectivity index (χ0v) is 10.0. The van der Waals surface area contributed by atoms with Gasteiger partial charge in [0.25, 0.3) is 5.91 Å². The van der Waals surface area contributed by atoms with Crippen molar-refractivity contribution in [2.45, 2.75) is 6.92 Å². The van der Waals surface area contributed by atoms with E-state index >= 15 is 0 Å². The number of carboxylic acid groups (broad SMARTS) is 1. The molecule has 0 aliphatic heterocycles. The molecule has 0 unspecified atom stereocenters. The summed E-state index contributed by atoms with van der Waals surface area (Å²) in [6, 6.07) is 5.25. The van der Waals surface area contributed by atoms with Crippen LogP contribution in [0.2, 0.25) is 0 Å². The zero-order chi connectivity index (χ0) is 14.0. The number of phenolic OH excluding ortho intramolecular Hbond substituents is 1. The Kier molecular flexibility index (Phi) is 3.24. The number of furan rings is 1. The van der Waals surface area contributed by atoms with E-state index in [4.69, 9.17) is 9.52 Å². The van der Waals surface area contributed by atoms with E-state index in [-0.39, 0.29) is 22.8 Å². The number of benzene rings is 1. The van der Waals surface area contributed by atoms with Crippen LogP contribution in [0.5, 0.6) is 5.75 Å². The summed E-state index contributed by atoms with van der Waals surface area (Å²) < 4.78 is 5.01. The molecule has 0 saturated heterocycles. The lowest BCUT2D eigenvalue weighted by atomic mass is 10.2. The molecule has 6 nitrogen and oxygen atoms in total. The van der Waals surface area contributed by atoms with E-state index < -0.39 is 11.9 Å². The molecule has 0 spiro atoms. The van der Waals surface area contributed by atoms with E-state index in [1.807, 2.05) is 0 Å². The van der Waals surface area contributed by atoms with Crippen molar-refractivity contribution >= 4 is 17.6 Å². The van der Waals surface area contributed by atoms with E-state index in [1.165, 1.54) is 24.5 Å². The highest BCUT2D eigenvalue weighted by Crippen LogP contribution is 2.25. The van der Waals surface area contributed by atoms with Crippen LogP contribution >= 0.6 is 0 Å². The van der Waals surface area contributed by atoms with Gasteiger partial charge in [0.2, 0.25) is 0 Å². The van der Waals surface area contributed by atoms with Crippen molar-refractivity contribution in [1.82, 2.24) is 0 Å². The summed E-state index contributed by atoms with van der Waals surface area (Å²) in [6.45, 7) is 1.70. The van der Waals surface area contributed by atoms with Crippen molar-refractivity contribution in [3.63, 3.8) is 0 Å². The molecule has 0 aliphatic carbocycles. The number of rotatable bonds is 3. The Morgan fingerprint density at radius 3 is 2.58 bits per heavy atom. The predicted molar refractivity (Wildman–Crippen MR) is 66.5 cm³/mol. The first-order valence-electron chi connectivity index (χ1n) is 5.41. The van der Waals surface area contributed by atoms with Gasteiger partial charge in [0.15, 0.2) is 5.76 Å². The number of aromatic hydroxyl groups is 1. The van der Waals surface area contributed by atoms with Gasteiger partial charge in [-0.05, 0) is 31.2 Å². The van der Waals surface area contributed by atoms with Crippen molar-refractivity contribution in [2.75, 3.05) is 5.32 Å². The quantitative estimate of drug-likeness (QED) is 0.736. The number of amides is 1. The monoisotopic (exact) mass is 261 g/mol. The van der Waals surface area contributed by atoms with Crippen LogP contribution in [0.1, 0.15) is 26.5 Å². The minimum Gasteiger partial charge on any atom is -0.506 e. The Bertz CT molecular complexity index is 644. The maximum Gasteiger partial charge on any atom is 0.335 e. The van der Waals surface area contributed by atoms with E-state index in [9.17, 15) is 14.7 Å². The number of carbonyl (C=O) groups excluding carboxylic acids is 1. The Morgan fingerprint density at radius 1 is 1.26 bits per heavy atom. The molecular formula is C13H11NO5. The van der Waals surface area contributed by atoms with Crippen LogP contribution in [0.4, 0.5) is 5.69 Å². The highest BCUT2D eigenvalue weighted by atomic mass is 16.4. The van der Waals surface area contributed by atoms with Gasteiger partial charge in [-0.25, -0.2) is 4.79 Å². The largest absolute Gasteiger partial charge is 0.506 e. The normalized spacial score (nSPS) is 10.2. The van der Waals surface area contributed by atoms with E-state index in [0.29, 0.717) is 5.56 Å². The lowest BCUT2D eigenvalue weighted by molar-refractivity contribution is 0.0696. The van der Waals surface area contributed by atoms with Gasteiger partial charge in [0, 0.05) is 5.56 Å². The standard InChI is InChI=1S/C13H11NO5/c1-7-4-5-19-11(7)12(16)14-9-6-8(13(17)18)2-3-10(9)15/h2-6,15H,1H3,(H,14,16)(H,17,18). The second-order valence-corrected chi connectivity index (χ2v) is 3.92. The number of hydrogen-bond donors (Lipinski definition) is 3. The summed E-state index contributed by atoms with van der Waals surface area (Å²) in [5.74, 6) is -1.81. The van der Waals surface area contributed by atoms with Crippen LogP contribution in [0.3, 0.4) is 0 Å². The first-order chi connectivity index (χ1) is 8.99. The van der Waals surface area contributed by atoms with Gasteiger partial charge in [-0.15, -0.1) is 0 Å². The molecule has 0 atom stereocenters. The highest BCUT2D eigenvalue weighted by Gasteiger charge is 2.15. The molecule has 0 fully saturated rings. The van der Waals surface area contributed by atoms with Gasteiger partial charge in [-0.2, -0.15) is 0 Å². The summed E-state index contributed by atoms with van der Waals surface area (Å²) in [6.07, 6.45) is 1.37. The van der Waals surface area contributed by atoms with Crippen molar-refractivity contribution < 1.29 is 24.2 Å². The highest BCUT2D eigenvalue weighted by molar-refractivity contribution is 6.04. The van der Waals surface area contributed by atoms with E-state index in [1.54, 1.807) is 13.0 Å². The maximum absolute atomic E-state index is 11.9. The molecule has 19 heavy (non-hydrogen) atoms. The Labute approximate surface area is 108 Å². The molecule has 1 heterocycles. The van der Waals surface area contributed by atoms with Crippen LogP contribution in [0.15, 0.2) is 34.9 Å². The third-order valence-electron chi connectivity index (χ3n) is 2.56. The van der Waals surface area contributed by atoms with Crippen LogP contribution in [0.25, 0.3) is 0 Å². The second-order valence-electron chi connectivity index (χ2n) is 3.92. The third-order valence-corrected chi connectivity index (χ3v) is 2.56. The fraction of sp³-hybridized carbons (Fsp3) is 0.0769. The number of phenols is 1. The van der Waals surface area contributed by atoms with Crippen LogP contribution < -0.4 is 5.32 Å². The van der Waals surface area contributed by atoms with Gasteiger partial charge >= 0.3 is 5.97 Å². The lowest BCUT2D eigenvalue weighted by Crippen LogP contribution is -2.12. The molecule has 6 heteroatoms. The Hall–Kier alpha value is -2.76. The number of carboxylic acids is 1. The first-order valence-corrected chi connectivity index (χ1v) is 5.41. The Balaban J connectivity index is 2.28. The summed E-state index contributed by atoms with van der Waals surface area (Å²) in [7, 11) is 0. The minimum atomic E-state index is -1.15. The van der Waals surface area contributed by atoms with Gasteiger partial charge in [0.1, 0.15) is 5.75 Å². The fourth-order valence-corrected chi connectivity index (χ4v) is 1.55. The second kappa shape index (κ2) is 4.85. The average molecular weight is 261 g/mol. The fourth-order valence-electron chi connectivity index (χ4n) is 1.55. The van der Waals surface area contributed by atoms with E-state index in [0.717, 1.165) is 0 Å². The van der Waals surface area contributed by atoms with Gasteiger partial charge in [-0.3, -0.25) is 4.79 Å². The average Bonchev–Trinajstić information content (AvgIpc) is 2.78. The molecule has 1 amide bonds. The molecule has 2 aromatic rings.